The van der Waals surface area contributed by atoms with E-state index in [1.165, 1.54) is 6.07 Å². The molecule has 1 aromatic carbocycles. The molecule has 8 nitrogen and oxygen atoms in total. The van der Waals surface area contributed by atoms with E-state index in [1.807, 2.05) is 20.8 Å². The van der Waals surface area contributed by atoms with E-state index in [2.05, 4.69) is 20.3 Å². The fraction of sp³-hybridized carbons (Fsp3) is 0.500. The number of fused-ring (bicyclic) bond motifs is 1. The lowest BCUT2D eigenvalue weighted by atomic mass is 10.1. The predicted octanol–water partition coefficient (Wildman–Crippen LogP) is 2.36. The summed E-state index contributed by atoms with van der Waals surface area (Å²) in [6, 6.07) is 2.97. The monoisotopic (exact) mass is 280 g/mol. The third-order valence-electron chi connectivity index (χ3n) is 2.83. The van der Waals surface area contributed by atoms with E-state index in [0.717, 1.165) is 0 Å². The number of nitro groups is 1. The number of non-ortho nitro benzene ring substituents is 1. The fourth-order valence-corrected chi connectivity index (χ4v) is 1.89. The summed E-state index contributed by atoms with van der Waals surface area (Å²) in [6.45, 7) is 6.96. The van der Waals surface area contributed by atoms with Gasteiger partial charge >= 0.3 is 5.69 Å². The maximum atomic E-state index is 10.9. The molecule has 0 radical (unpaired) electrons. The van der Waals surface area contributed by atoms with E-state index in [9.17, 15) is 10.1 Å². The topological polar surface area (TPSA) is 103 Å². The van der Waals surface area contributed by atoms with Crippen molar-refractivity contribution in [3.05, 3.63) is 22.2 Å². The van der Waals surface area contributed by atoms with Gasteiger partial charge in [0.1, 0.15) is 0 Å². The summed E-state index contributed by atoms with van der Waals surface area (Å²) in [5.41, 5.74) is 0.608. The average molecular weight is 280 g/mol. The number of nitrogens with zero attached hydrogens (tertiary/aromatic N) is 3. The normalized spacial score (nSPS) is 11.8. The van der Waals surface area contributed by atoms with Gasteiger partial charge in [-0.05, 0) is 37.2 Å². The maximum absolute atomic E-state index is 10.9. The Balaban J connectivity index is 2.26. The second kappa shape index (κ2) is 5.41. The summed E-state index contributed by atoms with van der Waals surface area (Å²) < 4.78 is 10.2. The second-order valence-corrected chi connectivity index (χ2v) is 4.90. The molecule has 0 aliphatic carbocycles. The van der Waals surface area contributed by atoms with Gasteiger partial charge in [0.25, 0.3) is 0 Å². The minimum absolute atomic E-state index is 0.129. The third-order valence-corrected chi connectivity index (χ3v) is 2.83. The Kier molecular flexibility index (Phi) is 3.84. The first-order valence-corrected chi connectivity index (χ1v) is 6.22. The number of hydrogen-bond donors (Lipinski definition) is 1. The Morgan fingerprint density at radius 2 is 2.10 bits per heavy atom. The number of nitro benzene ring substituents is 1. The van der Waals surface area contributed by atoms with Crippen molar-refractivity contribution in [1.82, 2.24) is 10.3 Å². The first kappa shape index (κ1) is 14.2. The SMILES string of the molecule is CCOC(C)(C)CNc1ccc([N+](=O)[O-])c2nonc12. The van der Waals surface area contributed by atoms with Crippen LogP contribution < -0.4 is 5.32 Å². The molecule has 0 fully saturated rings. The van der Waals surface area contributed by atoms with Crippen LogP contribution in [0.1, 0.15) is 20.8 Å². The Morgan fingerprint density at radius 3 is 2.75 bits per heavy atom. The van der Waals surface area contributed by atoms with E-state index in [-0.39, 0.29) is 16.8 Å². The molecule has 0 saturated carbocycles. The van der Waals surface area contributed by atoms with Gasteiger partial charge in [-0.3, -0.25) is 10.1 Å². The van der Waals surface area contributed by atoms with E-state index in [1.54, 1.807) is 6.07 Å². The quantitative estimate of drug-likeness (QED) is 0.639. The molecular formula is C12H16N4O4. The molecule has 0 aliphatic rings. The third kappa shape index (κ3) is 2.85. The van der Waals surface area contributed by atoms with Gasteiger partial charge in [-0.1, -0.05) is 0 Å². The van der Waals surface area contributed by atoms with Crippen molar-refractivity contribution in [1.29, 1.82) is 0 Å². The lowest BCUT2D eigenvalue weighted by molar-refractivity contribution is -0.383. The van der Waals surface area contributed by atoms with Crippen LogP contribution in [-0.2, 0) is 4.74 Å². The number of nitrogens with one attached hydrogen (secondary N) is 1. The van der Waals surface area contributed by atoms with Crippen LogP contribution in [-0.4, -0.2) is 34.0 Å². The van der Waals surface area contributed by atoms with Gasteiger partial charge in [0.2, 0.25) is 5.52 Å². The van der Waals surface area contributed by atoms with E-state index in [4.69, 9.17) is 4.74 Å². The molecule has 0 amide bonds. The Morgan fingerprint density at radius 1 is 1.40 bits per heavy atom. The molecule has 0 atom stereocenters. The molecule has 108 valence electrons. The van der Waals surface area contributed by atoms with Crippen LogP contribution in [0.2, 0.25) is 0 Å². The molecule has 1 heterocycles. The van der Waals surface area contributed by atoms with Crippen molar-refractivity contribution in [3.8, 4) is 0 Å². The standard InChI is InChI=1S/C12H16N4O4/c1-4-19-12(2,3)7-13-8-5-6-9(16(17)18)11-10(8)14-20-15-11/h5-6,13H,4,7H2,1-3H3. The number of ether oxygens (including phenoxy) is 1. The molecular weight excluding hydrogens is 264 g/mol. The van der Waals surface area contributed by atoms with Crippen LogP contribution in [0.5, 0.6) is 0 Å². The molecule has 1 aromatic heterocycles. The fourth-order valence-electron chi connectivity index (χ4n) is 1.89. The molecule has 8 heteroatoms. The van der Waals surface area contributed by atoms with Crippen LogP contribution >= 0.6 is 0 Å². The average Bonchev–Trinajstić information content (AvgIpc) is 2.84. The van der Waals surface area contributed by atoms with Crippen LogP contribution in [0.15, 0.2) is 16.8 Å². The zero-order valence-electron chi connectivity index (χ0n) is 11.5. The van der Waals surface area contributed by atoms with Gasteiger partial charge in [-0.2, -0.15) is 0 Å². The molecule has 0 bridgehead atoms. The number of aromatic nitrogens is 2. The van der Waals surface area contributed by atoms with E-state index in [0.29, 0.717) is 24.4 Å². The molecule has 0 saturated heterocycles. The highest BCUT2D eigenvalue weighted by atomic mass is 16.6. The predicted molar refractivity (Wildman–Crippen MR) is 72.7 cm³/mol. The number of benzene rings is 1. The molecule has 0 aliphatic heterocycles. The van der Waals surface area contributed by atoms with Crippen LogP contribution in [0.25, 0.3) is 11.0 Å². The van der Waals surface area contributed by atoms with Gasteiger partial charge in [0.05, 0.1) is 16.2 Å². The highest BCUT2D eigenvalue weighted by molar-refractivity contribution is 5.93. The van der Waals surface area contributed by atoms with Crippen molar-refractivity contribution < 1.29 is 14.3 Å². The summed E-state index contributed by atoms with van der Waals surface area (Å²) in [7, 11) is 0. The summed E-state index contributed by atoms with van der Waals surface area (Å²) in [5, 5.41) is 21.3. The van der Waals surface area contributed by atoms with Gasteiger partial charge < -0.3 is 10.1 Å². The highest BCUT2D eigenvalue weighted by Crippen LogP contribution is 2.29. The summed E-state index contributed by atoms with van der Waals surface area (Å²) in [5.74, 6) is 0. The van der Waals surface area contributed by atoms with Crippen molar-refractivity contribution in [3.63, 3.8) is 0 Å². The van der Waals surface area contributed by atoms with Gasteiger partial charge in [-0.15, -0.1) is 0 Å². The second-order valence-electron chi connectivity index (χ2n) is 4.90. The van der Waals surface area contributed by atoms with Crippen LogP contribution in [0.4, 0.5) is 11.4 Å². The molecule has 2 rings (SSSR count). The van der Waals surface area contributed by atoms with E-state index < -0.39 is 4.92 Å². The number of anilines is 1. The Labute approximate surface area is 115 Å². The smallest absolute Gasteiger partial charge is 0.300 e. The molecule has 0 unspecified atom stereocenters. The lowest BCUT2D eigenvalue weighted by Gasteiger charge is -2.25. The molecule has 2 aromatic rings. The zero-order chi connectivity index (χ0) is 14.8. The summed E-state index contributed by atoms with van der Waals surface area (Å²) >= 11 is 0. The van der Waals surface area contributed by atoms with Crippen molar-refractivity contribution in [2.75, 3.05) is 18.5 Å². The molecule has 0 spiro atoms. The Hall–Kier alpha value is -2.22. The minimum Gasteiger partial charge on any atom is -0.380 e. The zero-order valence-corrected chi connectivity index (χ0v) is 11.5. The first-order chi connectivity index (χ1) is 9.44. The van der Waals surface area contributed by atoms with E-state index >= 15 is 0 Å². The van der Waals surface area contributed by atoms with Crippen molar-refractivity contribution in [2.45, 2.75) is 26.4 Å². The maximum Gasteiger partial charge on any atom is 0.300 e. The van der Waals surface area contributed by atoms with Gasteiger partial charge in [0.15, 0.2) is 5.52 Å². The van der Waals surface area contributed by atoms with Gasteiger partial charge in [0, 0.05) is 19.2 Å². The minimum atomic E-state index is -0.513. The largest absolute Gasteiger partial charge is 0.380 e. The molecule has 1 N–H and O–H groups in total. The summed E-state index contributed by atoms with van der Waals surface area (Å²) in [6.07, 6.45) is 0. The number of rotatable bonds is 6. The summed E-state index contributed by atoms with van der Waals surface area (Å²) in [4.78, 5) is 10.4. The number of hydrogen-bond acceptors (Lipinski definition) is 7. The lowest BCUT2D eigenvalue weighted by Crippen LogP contribution is -2.33. The van der Waals surface area contributed by atoms with Gasteiger partial charge in [-0.25, -0.2) is 4.63 Å². The molecule has 20 heavy (non-hydrogen) atoms. The van der Waals surface area contributed by atoms with Crippen molar-refractivity contribution >= 4 is 22.4 Å². The highest BCUT2D eigenvalue weighted by Gasteiger charge is 2.22. The van der Waals surface area contributed by atoms with Crippen LogP contribution in [0.3, 0.4) is 0 Å². The van der Waals surface area contributed by atoms with Crippen LogP contribution in [0, 0.1) is 10.1 Å². The van der Waals surface area contributed by atoms with Crippen molar-refractivity contribution in [2.24, 2.45) is 0 Å². The first-order valence-electron chi connectivity index (χ1n) is 6.22. The Bertz CT molecular complexity index is 623.